The maximum absolute atomic E-state index is 17.7. The quantitative estimate of drug-likeness (QED) is 0.160. The van der Waals surface area contributed by atoms with Crippen LogP contribution in [-0.2, 0) is 42.8 Å². The van der Waals surface area contributed by atoms with Crippen molar-refractivity contribution in [3.05, 3.63) is 138 Å². The topological polar surface area (TPSA) is 16.3 Å². The summed E-state index contributed by atoms with van der Waals surface area (Å²) in [5.41, 5.74) is 6.18. The summed E-state index contributed by atoms with van der Waals surface area (Å²) >= 11 is -5.02. The Morgan fingerprint density at radius 1 is 0.596 bits per heavy atom. The summed E-state index contributed by atoms with van der Waals surface area (Å²) in [7, 11) is 4.01. The Kier molecular flexibility index (Phi) is 7.30. The van der Waals surface area contributed by atoms with Gasteiger partial charge in [0.15, 0.2) is 0 Å². The number of aryl methyl sites for hydroxylation is 2. The second-order valence-electron chi connectivity index (χ2n) is 13.4. The van der Waals surface area contributed by atoms with E-state index in [4.69, 9.17) is 0 Å². The number of hydrogen-bond acceptors (Lipinski definition) is 2. The Bertz CT molecular complexity index is 1960. The Balaban J connectivity index is 1.45. The Labute approximate surface area is 276 Å². The molecule has 0 amide bonds. The molecule has 0 radical (unpaired) electrons. The van der Waals surface area contributed by atoms with Crippen LogP contribution in [0.25, 0.3) is 11.4 Å². The zero-order chi connectivity index (χ0) is 32.8. The first-order chi connectivity index (χ1) is 22.6. The molecule has 240 valence electrons. The maximum atomic E-state index is 17.7. The second-order valence-corrected chi connectivity index (χ2v) is 19.3. The van der Waals surface area contributed by atoms with Crippen LogP contribution in [-0.4, -0.2) is 33.0 Å². The van der Waals surface area contributed by atoms with Gasteiger partial charge < -0.3 is 0 Å². The third-order valence-corrected chi connectivity index (χ3v) is 18.3. The van der Waals surface area contributed by atoms with Gasteiger partial charge >= 0.3 is 277 Å². The first-order valence-corrected chi connectivity index (χ1v) is 19.2. The Morgan fingerprint density at radius 2 is 1.02 bits per heavy atom. The van der Waals surface area contributed by atoms with Crippen molar-refractivity contribution in [1.82, 2.24) is 18.9 Å². The number of nitrogens with zero attached hydrogens (tertiary/aromatic N) is 4. The summed E-state index contributed by atoms with van der Waals surface area (Å²) in [6, 6.07) is 9.62. The standard InChI is InChI=1S/2C14H13F2N2.2C5H5.Ti/c2*1-9-5-10-7-17(2)8-14(10)18(9)13-4-3-11(15)6-12(13)16;2*1-2-4-5-3-1;/h2*3-5H,7-8H2,1-2H3;2*1-3H,4H2;. The van der Waals surface area contributed by atoms with Crippen molar-refractivity contribution in [3.63, 3.8) is 0 Å². The van der Waals surface area contributed by atoms with Crippen molar-refractivity contribution in [1.29, 1.82) is 0 Å². The van der Waals surface area contributed by atoms with Gasteiger partial charge in [-0.3, -0.25) is 0 Å². The van der Waals surface area contributed by atoms with Crippen molar-refractivity contribution >= 4 is 7.74 Å². The molecule has 0 fully saturated rings. The van der Waals surface area contributed by atoms with Crippen LogP contribution in [0.15, 0.2) is 80.6 Å². The van der Waals surface area contributed by atoms with Gasteiger partial charge in [0, 0.05) is 0 Å². The van der Waals surface area contributed by atoms with Crippen LogP contribution in [0.5, 0.6) is 0 Å². The first-order valence-electron chi connectivity index (χ1n) is 16.1. The van der Waals surface area contributed by atoms with Crippen molar-refractivity contribution in [2.45, 2.75) is 52.9 Å². The van der Waals surface area contributed by atoms with E-state index in [1.54, 1.807) is 0 Å². The number of hydrogen-bond donors (Lipinski definition) is 0. The first kappa shape index (κ1) is 30.6. The predicted molar refractivity (Wildman–Crippen MR) is 174 cm³/mol. The van der Waals surface area contributed by atoms with Crippen molar-refractivity contribution in [2.75, 3.05) is 14.1 Å². The van der Waals surface area contributed by atoms with Crippen LogP contribution >= 0.6 is 0 Å². The fourth-order valence-electron chi connectivity index (χ4n) is 8.55. The van der Waals surface area contributed by atoms with Crippen molar-refractivity contribution in [3.8, 4) is 11.4 Å². The van der Waals surface area contributed by atoms with E-state index in [0.717, 1.165) is 47.0 Å². The summed E-state index contributed by atoms with van der Waals surface area (Å²) in [5, 5.41) is 0. The summed E-state index contributed by atoms with van der Waals surface area (Å²) < 4.78 is 73.6. The summed E-state index contributed by atoms with van der Waals surface area (Å²) in [4.78, 5) is 4.28. The molecule has 0 N–H and O–H groups in total. The molecular formula is C38H36F4N4Ti. The van der Waals surface area contributed by atoms with Gasteiger partial charge in [0.25, 0.3) is 0 Å². The van der Waals surface area contributed by atoms with E-state index < -0.39 is 39.9 Å². The molecule has 9 heteroatoms. The zero-order valence-electron chi connectivity index (χ0n) is 27.0. The molecule has 2 aromatic carbocycles. The van der Waals surface area contributed by atoms with Crippen LogP contribution in [0, 0.1) is 37.1 Å². The molecule has 4 heterocycles. The fourth-order valence-corrected chi connectivity index (χ4v) is 16.8. The van der Waals surface area contributed by atoms with Crippen LogP contribution in [0.1, 0.15) is 46.7 Å². The van der Waals surface area contributed by atoms with E-state index in [1.165, 1.54) is 24.3 Å². The monoisotopic (exact) mass is 672 g/mol. The van der Waals surface area contributed by atoms with Crippen LogP contribution < -0.4 is 7.74 Å². The third-order valence-electron chi connectivity index (χ3n) is 10.4. The Morgan fingerprint density at radius 3 is 1.40 bits per heavy atom. The van der Waals surface area contributed by atoms with Gasteiger partial charge in [0.1, 0.15) is 0 Å². The Hall–Kier alpha value is -3.69. The van der Waals surface area contributed by atoms with Crippen molar-refractivity contribution in [2.24, 2.45) is 0 Å². The molecule has 0 unspecified atom stereocenters. The number of aromatic nitrogens is 2. The number of allylic oxidation sites excluding steroid dienone is 8. The normalized spacial score (nSPS) is 17.6. The molecule has 4 nitrogen and oxygen atoms in total. The third kappa shape index (κ3) is 4.45. The molecule has 0 spiro atoms. The molecule has 0 bridgehead atoms. The summed E-state index contributed by atoms with van der Waals surface area (Å²) in [5.74, 6) is -3.03. The van der Waals surface area contributed by atoms with Gasteiger partial charge in [-0.2, -0.15) is 0 Å². The minimum atomic E-state index is -5.02. The number of halogens is 4. The minimum absolute atomic E-state index is 0.176. The van der Waals surface area contributed by atoms with E-state index in [1.807, 2.05) is 85.7 Å². The van der Waals surface area contributed by atoms with Gasteiger partial charge in [-0.1, -0.05) is 0 Å². The summed E-state index contributed by atoms with van der Waals surface area (Å²) in [6.45, 7) is 6.54. The SMILES string of the molecule is Cc1cc2c(n1-c1ccc(F)[c]([Ti]([C]3=CC=CC3)([C]3=CC=CC3)[c]3c(F)ccc(-n4c(C)cc5c4CN(C)C5)c3F)c1F)CN(C)C2. The van der Waals surface area contributed by atoms with Crippen LogP contribution in [0.2, 0.25) is 0 Å². The van der Waals surface area contributed by atoms with E-state index in [-0.39, 0.29) is 19.1 Å². The fraction of sp³-hybridized carbons (Fsp3) is 0.263. The molecule has 0 atom stereocenters. The predicted octanol–water partition coefficient (Wildman–Crippen LogP) is 7.12. The average Bonchev–Trinajstić information content (AvgIpc) is 3.86. The van der Waals surface area contributed by atoms with Gasteiger partial charge in [0.2, 0.25) is 0 Å². The molecule has 2 aliphatic carbocycles. The van der Waals surface area contributed by atoms with Crippen LogP contribution in [0.4, 0.5) is 17.6 Å². The van der Waals surface area contributed by atoms with Gasteiger partial charge in [-0.25, -0.2) is 0 Å². The molecule has 0 saturated carbocycles. The summed E-state index contributed by atoms with van der Waals surface area (Å²) in [6.07, 6.45) is 11.9. The average molecular weight is 673 g/mol. The molecule has 2 aliphatic heterocycles. The van der Waals surface area contributed by atoms with E-state index >= 15 is 17.6 Å². The number of fused-ring (bicyclic) bond motifs is 2. The van der Waals surface area contributed by atoms with E-state index in [0.29, 0.717) is 33.7 Å². The molecule has 2 aromatic heterocycles. The zero-order valence-corrected chi connectivity index (χ0v) is 28.5. The molecule has 8 rings (SSSR count). The number of benzene rings is 2. The molecular weight excluding hydrogens is 636 g/mol. The van der Waals surface area contributed by atoms with Gasteiger partial charge in [-0.15, -0.1) is 0 Å². The molecule has 0 saturated heterocycles. The molecule has 4 aromatic rings. The molecule has 4 aliphatic rings. The number of rotatable bonds is 6. The van der Waals surface area contributed by atoms with Crippen LogP contribution in [0.3, 0.4) is 0 Å². The second kappa shape index (κ2) is 11.2. The van der Waals surface area contributed by atoms with Gasteiger partial charge in [0.05, 0.1) is 0 Å². The van der Waals surface area contributed by atoms with Crippen molar-refractivity contribution < 1.29 is 34.2 Å². The van der Waals surface area contributed by atoms with Gasteiger partial charge in [-0.05, 0) is 0 Å². The van der Waals surface area contributed by atoms with E-state index in [9.17, 15) is 0 Å². The molecule has 47 heavy (non-hydrogen) atoms. The van der Waals surface area contributed by atoms with E-state index in [2.05, 4.69) is 9.80 Å².